The molecule has 258 valence electrons. The van der Waals surface area contributed by atoms with E-state index in [1.54, 1.807) is 0 Å². The van der Waals surface area contributed by atoms with E-state index in [-0.39, 0.29) is 0 Å². The highest BCUT2D eigenvalue weighted by molar-refractivity contribution is 7.25. The third-order valence-corrected chi connectivity index (χ3v) is 12.1. The van der Waals surface area contributed by atoms with Crippen molar-refractivity contribution in [1.29, 1.82) is 0 Å². The summed E-state index contributed by atoms with van der Waals surface area (Å²) in [5.41, 5.74) is 11.7. The second kappa shape index (κ2) is 12.9. The number of nitrogens with zero attached hydrogens (tertiary/aromatic N) is 2. The Balaban J connectivity index is 1.02. The summed E-state index contributed by atoms with van der Waals surface area (Å²) in [6.45, 7) is 0. The van der Waals surface area contributed by atoms with Crippen LogP contribution in [0.2, 0.25) is 0 Å². The van der Waals surface area contributed by atoms with Gasteiger partial charge in [0.25, 0.3) is 0 Å². The van der Waals surface area contributed by atoms with E-state index >= 15 is 0 Å². The van der Waals surface area contributed by atoms with E-state index in [4.69, 9.17) is 0 Å². The number of benzene rings is 9. The molecule has 0 aliphatic carbocycles. The van der Waals surface area contributed by atoms with Crippen molar-refractivity contribution in [2.75, 3.05) is 4.90 Å². The lowest BCUT2D eigenvalue weighted by molar-refractivity contribution is 1.20. The van der Waals surface area contributed by atoms with E-state index in [1.807, 2.05) is 11.3 Å². The molecule has 0 unspecified atom stereocenters. The summed E-state index contributed by atoms with van der Waals surface area (Å²) in [4.78, 5) is 2.37. The lowest BCUT2D eigenvalue weighted by Gasteiger charge is -2.26. The van der Waals surface area contributed by atoms with Crippen LogP contribution in [0.15, 0.2) is 206 Å². The molecule has 0 aliphatic rings. The molecule has 0 N–H and O–H groups in total. The minimum atomic E-state index is 1.12. The zero-order valence-electron chi connectivity index (χ0n) is 29.9. The maximum absolute atomic E-state index is 2.44. The van der Waals surface area contributed by atoms with Crippen LogP contribution in [0.5, 0.6) is 0 Å². The Bertz CT molecular complexity index is 3220. The summed E-state index contributed by atoms with van der Waals surface area (Å²) in [5, 5.41) is 7.62. The second-order valence-corrected chi connectivity index (χ2v) is 15.2. The van der Waals surface area contributed by atoms with Crippen LogP contribution in [0.4, 0.5) is 17.1 Å². The summed E-state index contributed by atoms with van der Waals surface area (Å²) in [5.74, 6) is 0. The molecule has 0 saturated heterocycles. The maximum atomic E-state index is 2.44. The third kappa shape index (κ3) is 5.32. The van der Waals surface area contributed by atoms with Crippen molar-refractivity contribution in [3.63, 3.8) is 0 Å². The van der Waals surface area contributed by atoms with Crippen molar-refractivity contribution < 1.29 is 0 Å². The van der Waals surface area contributed by atoms with Gasteiger partial charge in [-0.2, -0.15) is 0 Å². The normalized spacial score (nSPS) is 11.6. The van der Waals surface area contributed by atoms with E-state index < -0.39 is 0 Å². The van der Waals surface area contributed by atoms with Gasteiger partial charge in [0.15, 0.2) is 0 Å². The molecule has 2 nitrogen and oxygen atoms in total. The molecule has 2 heterocycles. The van der Waals surface area contributed by atoms with Crippen LogP contribution >= 0.6 is 11.3 Å². The van der Waals surface area contributed by atoms with Crippen molar-refractivity contribution in [3.8, 4) is 27.9 Å². The van der Waals surface area contributed by atoms with Gasteiger partial charge in [-0.15, -0.1) is 11.3 Å². The van der Waals surface area contributed by atoms with Gasteiger partial charge >= 0.3 is 0 Å². The molecule has 0 radical (unpaired) electrons. The van der Waals surface area contributed by atoms with E-state index in [2.05, 4.69) is 216 Å². The molecule has 0 atom stereocenters. The number of rotatable bonds is 6. The van der Waals surface area contributed by atoms with Crippen molar-refractivity contribution in [3.05, 3.63) is 206 Å². The van der Waals surface area contributed by atoms with Gasteiger partial charge < -0.3 is 9.47 Å². The number of fused-ring (bicyclic) bond motifs is 7. The Labute approximate surface area is 323 Å². The second-order valence-electron chi connectivity index (χ2n) is 14.2. The Morgan fingerprint density at radius 3 is 1.78 bits per heavy atom. The van der Waals surface area contributed by atoms with E-state index in [0.717, 1.165) is 17.1 Å². The topological polar surface area (TPSA) is 8.17 Å². The number of hydrogen-bond donors (Lipinski definition) is 0. The van der Waals surface area contributed by atoms with Gasteiger partial charge in [-0.25, -0.2) is 0 Å². The van der Waals surface area contributed by atoms with Crippen molar-refractivity contribution >= 4 is 81.1 Å². The average molecular weight is 719 g/mol. The van der Waals surface area contributed by atoms with Crippen LogP contribution in [-0.2, 0) is 0 Å². The predicted octanol–water partition coefficient (Wildman–Crippen LogP) is 15.1. The van der Waals surface area contributed by atoms with Gasteiger partial charge in [0.2, 0.25) is 0 Å². The molecule has 0 aliphatic heterocycles. The SMILES string of the molecule is c1ccc(N(c2cccc(-c3cccc(-c4ccc5c6ccccc6n(-c6cccc7ccccc67)c5c4)c3)c2)c2ccc3c(c2)sc2ccccc23)cc1. The summed E-state index contributed by atoms with van der Waals surface area (Å²) < 4.78 is 5.05. The molecular formula is C52H34N2S. The molecule has 11 aromatic rings. The number of hydrogen-bond acceptors (Lipinski definition) is 2. The molecule has 11 rings (SSSR count). The van der Waals surface area contributed by atoms with E-state index in [1.165, 1.54) is 80.7 Å². The first-order chi connectivity index (χ1) is 27.3. The number of thiophene rings is 1. The van der Waals surface area contributed by atoms with Crippen LogP contribution in [0.3, 0.4) is 0 Å². The standard InChI is InChI=1S/C52H34N2S/c1-2-18-40(19-3-1)53(42-28-30-47-46-23-7-9-26-51(46)55-52(47)34-42)41-20-11-17-38(32-41)36-15-10-16-37(31-36)39-27-29-45-44-22-6-8-24-49(44)54(50(45)33-39)48-25-12-14-35-13-4-5-21-43(35)48/h1-34H. The zero-order chi connectivity index (χ0) is 36.3. The first-order valence-electron chi connectivity index (χ1n) is 18.8. The molecule has 0 amide bonds. The van der Waals surface area contributed by atoms with Crippen molar-refractivity contribution in [2.45, 2.75) is 0 Å². The quantitative estimate of drug-likeness (QED) is 0.166. The Morgan fingerprint density at radius 1 is 0.327 bits per heavy atom. The zero-order valence-corrected chi connectivity index (χ0v) is 30.7. The molecule has 3 heteroatoms. The van der Waals surface area contributed by atoms with Gasteiger partial charge in [0, 0.05) is 53.4 Å². The Hall–Kier alpha value is -6.94. The fraction of sp³-hybridized carbons (Fsp3) is 0. The van der Waals surface area contributed by atoms with Crippen LogP contribution in [0.25, 0.3) is 80.7 Å². The summed E-state index contributed by atoms with van der Waals surface area (Å²) >= 11 is 1.86. The number of aromatic nitrogens is 1. The van der Waals surface area contributed by atoms with Gasteiger partial charge in [0.05, 0.1) is 16.7 Å². The van der Waals surface area contributed by atoms with Crippen LogP contribution in [0, 0.1) is 0 Å². The van der Waals surface area contributed by atoms with Crippen LogP contribution in [0.1, 0.15) is 0 Å². The fourth-order valence-corrected chi connectivity index (χ4v) is 9.53. The third-order valence-electron chi connectivity index (χ3n) is 10.9. The summed E-state index contributed by atoms with van der Waals surface area (Å²) in [6.07, 6.45) is 0. The first-order valence-corrected chi connectivity index (χ1v) is 19.6. The molecule has 0 saturated carbocycles. The Kier molecular flexibility index (Phi) is 7.39. The molecular weight excluding hydrogens is 685 g/mol. The fourth-order valence-electron chi connectivity index (χ4n) is 8.39. The summed E-state index contributed by atoms with van der Waals surface area (Å²) in [6, 6.07) is 75.2. The predicted molar refractivity (Wildman–Crippen MR) is 237 cm³/mol. The maximum Gasteiger partial charge on any atom is 0.0547 e. The average Bonchev–Trinajstić information content (AvgIpc) is 3.79. The van der Waals surface area contributed by atoms with Crippen LogP contribution < -0.4 is 4.90 Å². The van der Waals surface area contributed by atoms with E-state index in [9.17, 15) is 0 Å². The van der Waals surface area contributed by atoms with Gasteiger partial charge in [-0.3, -0.25) is 0 Å². The molecule has 0 bridgehead atoms. The monoisotopic (exact) mass is 718 g/mol. The lowest BCUT2D eigenvalue weighted by atomic mass is 9.97. The lowest BCUT2D eigenvalue weighted by Crippen LogP contribution is -2.09. The highest BCUT2D eigenvalue weighted by Crippen LogP contribution is 2.42. The molecule has 9 aromatic carbocycles. The highest BCUT2D eigenvalue weighted by atomic mass is 32.1. The summed E-state index contributed by atoms with van der Waals surface area (Å²) in [7, 11) is 0. The smallest absolute Gasteiger partial charge is 0.0547 e. The van der Waals surface area contributed by atoms with Crippen LogP contribution in [-0.4, -0.2) is 4.57 Å². The molecule has 2 aromatic heterocycles. The van der Waals surface area contributed by atoms with Crippen molar-refractivity contribution in [1.82, 2.24) is 4.57 Å². The van der Waals surface area contributed by atoms with E-state index in [0.29, 0.717) is 0 Å². The Morgan fingerprint density at radius 2 is 0.909 bits per heavy atom. The molecule has 55 heavy (non-hydrogen) atoms. The van der Waals surface area contributed by atoms with Crippen molar-refractivity contribution in [2.24, 2.45) is 0 Å². The minimum Gasteiger partial charge on any atom is -0.310 e. The minimum absolute atomic E-state index is 1.12. The van der Waals surface area contributed by atoms with Gasteiger partial charge in [-0.1, -0.05) is 140 Å². The van der Waals surface area contributed by atoms with Gasteiger partial charge in [0.1, 0.15) is 0 Å². The van der Waals surface area contributed by atoms with Gasteiger partial charge in [-0.05, 0) is 94.4 Å². The largest absolute Gasteiger partial charge is 0.310 e. The molecule has 0 spiro atoms. The highest BCUT2D eigenvalue weighted by Gasteiger charge is 2.17. The molecule has 0 fully saturated rings. The number of para-hydroxylation sites is 2. The first kappa shape index (κ1) is 31.6. The number of anilines is 3.